The van der Waals surface area contributed by atoms with Crippen molar-refractivity contribution in [1.29, 1.82) is 0 Å². The second-order valence-electron chi connectivity index (χ2n) is 19.6. The standard InChI is InChI=1S/C42H70N2O7S/c1-9-23-43-37(48)36(47)29-17-15-13-11-10-12-14-16-18-30(38(49)44-27-32-34(41(32,7)8)35(44)33(46)25-29)24-31(45)26-42(21-19-40(5,6)20-22-42)28-52(50,51)39(2,3)4/h29-30,32,34-35H,9-28H2,1-8H3,(H,43,48)/t29-,30-,32+,34+,35-/m1/s1. The predicted octanol–water partition coefficient (Wildman–Crippen LogP) is 7.43. The van der Waals surface area contributed by atoms with Gasteiger partial charge in [-0.1, -0.05) is 79.6 Å². The topological polar surface area (TPSA) is 135 Å². The van der Waals surface area contributed by atoms with Crippen LogP contribution in [0.5, 0.6) is 0 Å². The third-order valence-electron chi connectivity index (χ3n) is 13.5. The number of carbonyl (C=O) groups is 5. The van der Waals surface area contributed by atoms with Crippen LogP contribution in [0.4, 0.5) is 0 Å². The molecule has 10 heteroatoms. The summed E-state index contributed by atoms with van der Waals surface area (Å²) in [5.41, 5.74) is -0.671. The number of sulfone groups is 1. The Bertz CT molecular complexity index is 1430. The van der Waals surface area contributed by atoms with E-state index in [4.69, 9.17) is 0 Å². The van der Waals surface area contributed by atoms with Gasteiger partial charge in [0.1, 0.15) is 5.78 Å². The highest BCUT2D eigenvalue weighted by molar-refractivity contribution is 7.92. The highest BCUT2D eigenvalue weighted by atomic mass is 32.2. The number of fused-ring (bicyclic) bond motifs is 3. The average Bonchev–Trinajstić information content (AvgIpc) is 3.36. The molecule has 0 aromatic carbocycles. The summed E-state index contributed by atoms with van der Waals surface area (Å²) in [5.74, 6) is -2.71. The molecule has 296 valence electrons. The molecule has 0 unspecified atom stereocenters. The van der Waals surface area contributed by atoms with E-state index in [0.29, 0.717) is 45.2 Å². The fraction of sp³-hybridized carbons (Fsp3) is 0.881. The lowest BCUT2D eigenvalue weighted by molar-refractivity contribution is -0.146. The molecule has 0 radical (unpaired) electrons. The van der Waals surface area contributed by atoms with Crippen LogP contribution in [0.1, 0.15) is 165 Å². The smallest absolute Gasteiger partial charge is 0.287 e. The van der Waals surface area contributed by atoms with Crippen molar-refractivity contribution in [3.8, 4) is 0 Å². The first-order chi connectivity index (χ1) is 24.1. The second kappa shape index (κ2) is 16.7. The third-order valence-corrected chi connectivity index (χ3v) is 16.4. The SMILES string of the molecule is CCCNC(=O)C(=O)[C@@H]1CCCCCCCCC[C@H](CC(=O)CC2(CS(=O)(=O)C(C)(C)C)CCC(C)(C)CC2)C(=O)N2C[C@H]3[C@@H]([C@H]2C(=O)C1)C3(C)C. The molecule has 1 N–H and O–H groups in total. The van der Waals surface area contributed by atoms with Gasteiger partial charge in [0, 0.05) is 44.2 Å². The van der Waals surface area contributed by atoms with Gasteiger partial charge in [0.05, 0.1) is 16.5 Å². The molecular weight excluding hydrogens is 677 g/mol. The Morgan fingerprint density at radius 3 is 2.02 bits per heavy atom. The lowest BCUT2D eigenvalue weighted by atomic mass is 9.64. The van der Waals surface area contributed by atoms with Gasteiger partial charge in [-0.15, -0.1) is 0 Å². The number of hydrogen-bond donors (Lipinski definition) is 1. The number of piperidine rings is 1. The molecule has 0 aromatic rings. The number of hydrogen-bond acceptors (Lipinski definition) is 7. The van der Waals surface area contributed by atoms with E-state index >= 15 is 0 Å². The average molecular weight is 747 g/mol. The van der Waals surface area contributed by atoms with E-state index in [2.05, 4.69) is 33.0 Å². The first kappa shape index (κ1) is 42.6. The number of carbonyl (C=O) groups excluding carboxylic acids is 5. The van der Waals surface area contributed by atoms with Gasteiger partial charge in [-0.3, -0.25) is 24.0 Å². The lowest BCUT2D eigenvalue weighted by Gasteiger charge is -2.44. The van der Waals surface area contributed by atoms with Crippen LogP contribution in [-0.2, 0) is 33.8 Å². The van der Waals surface area contributed by atoms with Crippen LogP contribution in [0.3, 0.4) is 0 Å². The van der Waals surface area contributed by atoms with E-state index in [-0.39, 0.29) is 65.2 Å². The van der Waals surface area contributed by atoms with Gasteiger partial charge in [0.15, 0.2) is 15.6 Å². The number of nitrogens with one attached hydrogen (secondary N) is 1. The summed E-state index contributed by atoms with van der Waals surface area (Å²) in [6.45, 7) is 16.6. The largest absolute Gasteiger partial charge is 0.350 e. The lowest BCUT2D eigenvalue weighted by Crippen LogP contribution is -2.49. The summed E-state index contributed by atoms with van der Waals surface area (Å²) >= 11 is 0. The minimum absolute atomic E-state index is 0.0136. The molecule has 52 heavy (non-hydrogen) atoms. The number of Topliss-reactive ketones (excluding diaryl/α,β-unsaturated/α-hetero) is 3. The van der Waals surface area contributed by atoms with Gasteiger partial charge in [-0.05, 0) is 93.8 Å². The van der Waals surface area contributed by atoms with Crippen molar-refractivity contribution >= 4 is 39.0 Å². The van der Waals surface area contributed by atoms with Crippen molar-refractivity contribution in [2.45, 2.75) is 175 Å². The molecule has 0 aromatic heterocycles. The van der Waals surface area contributed by atoms with Crippen molar-refractivity contribution in [2.24, 2.45) is 39.9 Å². The Morgan fingerprint density at radius 2 is 1.44 bits per heavy atom. The summed E-state index contributed by atoms with van der Waals surface area (Å²) in [6.07, 6.45) is 11.4. The molecule has 2 saturated carbocycles. The number of rotatable bonds is 10. The first-order valence-corrected chi connectivity index (χ1v) is 22.2. The maximum absolute atomic E-state index is 14.6. The molecule has 0 spiro atoms. The van der Waals surface area contributed by atoms with E-state index < -0.39 is 49.6 Å². The Hall–Kier alpha value is -2.10. The van der Waals surface area contributed by atoms with Gasteiger partial charge in [-0.25, -0.2) is 8.42 Å². The molecule has 2 amide bonds. The van der Waals surface area contributed by atoms with E-state index in [0.717, 1.165) is 57.8 Å². The molecule has 2 saturated heterocycles. The van der Waals surface area contributed by atoms with Crippen molar-refractivity contribution in [3.63, 3.8) is 0 Å². The van der Waals surface area contributed by atoms with E-state index in [1.54, 1.807) is 25.7 Å². The third kappa shape index (κ3) is 10.1. The van der Waals surface area contributed by atoms with Gasteiger partial charge in [0.2, 0.25) is 11.7 Å². The number of nitrogens with zero attached hydrogens (tertiary/aromatic N) is 1. The van der Waals surface area contributed by atoms with Crippen molar-refractivity contribution in [2.75, 3.05) is 18.8 Å². The molecule has 0 bridgehead atoms. The van der Waals surface area contributed by atoms with Crippen LogP contribution in [0.25, 0.3) is 0 Å². The van der Waals surface area contributed by atoms with Crippen LogP contribution >= 0.6 is 0 Å². The number of amides is 2. The zero-order valence-corrected chi connectivity index (χ0v) is 34.6. The summed E-state index contributed by atoms with van der Waals surface area (Å²) in [4.78, 5) is 71.0. The molecule has 2 heterocycles. The molecule has 9 nitrogen and oxygen atoms in total. The fourth-order valence-electron chi connectivity index (χ4n) is 9.51. The Morgan fingerprint density at radius 1 is 0.865 bits per heavy atom. The zero-order valence-electron chi connectivity index (χ0n) is 33.7. The molecule has 4 rings (SSSR count). The maximum atomic E-state index is 14.6. The Kier molecular flexibility index (Phi) is 13.7. The molecular formula is C42H70N2O7S. The summed E-state index contributed by atoms with van der Waals surface area (Å²) < 4.78 is 26.2. The second-order valence-corrected chi connectivity index (χ2v) is 22.3. The monoisotopic (exact) mass is 746 g/mol. The zero-order chi connectivity index (χ0) is 38.7. The molecule has 4 fully saturated rings. The quantitative estimate of drug-likeness (QED) is 0.230. The van der Waals surface area contributed by atoms with E-state index in [1.165, 1.54) is 0 Å². The van der Waals surface area contributed by atoms with Crippen molar-refractivity contribution in [3.05, 3.63) is 0 Å². The Balaban J connectivity index is 1.59. The highest BCUT2D eigenvalue weighted by Gasteiger charge is 2.69. The van der Waals surface area contributed by atoms with Crippen molar-refractivity contribution < 1.29 is 32.4 Å². The van der Waals surface area contributed by atoms with Crippen LogP contribution in [0.2, 0.25) is 0 Å². The number of ketones is 3. The van der Waals surface area contributed by atoms with Crippen LogP contribution in [0.15, 0.2) is 0 Å². The molecule has 5 atom stereocenters. The van der Waals surface area contributed by atoms with Gasteiger partial charge < -0.3 is 10.2 Å². The van der Waals surface area contributed by atoms with E-state index in [1.807, 2.05) is 6.92 Å². The Labute approximate surface area is 314 Å². The molecule has 2 aliphatic carbocycles. The van der Waals surface area contributed by atoms with E-state index in [9.17, 15) is 32.4 Å². The van der Waals surface area contributed by atoms with Gasteiger partial charge in [0.25, 0.3) is 5.91 Å². The molecule has 2 aliphatic heterocycles. The summed E-state index contributed by atoms with van der Waals surface area (Å²) in [7, 11) is -3.49. The highest BCUT2D eigenvalue weighted by Crippen LogP contribution is 2.65. The maximum Gasteiger partial charge on any atom is 0.287 e. The van der Waals surface area contributed by atoms with Crippen LogP contribution in [0, 0.1) is 39.9 Å². The molecule has 4 aliphatic rings. The van der Waals surface area contributed by atoms with Crippen LogP contribution < -0.4 is 5.32 Å². The first-order valence-electron chi connectivity index (χ1n) is 20.5. The fourth-order valence-corrected chi connectivity index (χ4v) is 11.1. The summed E-state index contributed by atoms with van der Waals surface area (Å²) in [5, 5.41) is 2.70. The van der Waals surface area contributed by atoms with Gasteiger partial charge >= 0.3 is 0 Å². The van der Waals surface area contributed by atoms with Crippen LogP contribution in [-0.4, -0.2) is 72.1 Å². The minimum atomic E-state index is -3.49. The van der Waals surface area contributed by atoms with Gasteiger partial charge in [-0.2, -0.15) is 0 Å². The predicted molar refractivity (Wildman–Crippen MR) is 205 cm³/mol. The normalized spacial score (nSPS) is 29.8. The van der Waals surface area contributed by atoms with Crippen molar-refractivity contribution in [1.82, 2.24) is 10.2 Å². The minimum Gasteiger partial charge on any atom is -0.350 e. The summed E-state index contributed by atoms with van der Waals surface area (Å²) in [6, 6.07) is -0.671.